The molecule has 0 bridgehead atoms. The zero-order valence-electron chi connectivity index (χ0n) is 15.8. The van der Waals surface area contributed by atoms with E-state index in [1.807, 2.05) is 25.1 Å². The van der Waals surface area contributed by atoms with E-state index in [2.05, 4.69) is 0 Å². The van der Waals surface area contributed by atoms with Crippen molar-refractivity contribution in [2.24, 2.45) is 0 Å². The molecule has 2 aromatic rings. The molecule has 0 heterocycles. The average molecular weight is 391 g/mol. The minimum absolute atomic E-state index is 0.0637. The number of ether oxygens (including phenoxy) is 1. The zero-order chi connectivity index (χ0) is 20.0. The second-order valence-corrected chi connectivity index (χ2v) is 8.18. The molecular weight excluding hydrogens is 366 g/mol. The number of carbonyl (C=O) groups is 1. The van der Waals surface area contributed by atoms with E-state index in [1.54, 1.807) is 32.2 Å². The normalized spacial score (nSPS) is 12.7. The lowest BCUT2D eigenvalue weighted by Crippen LogP contribution is -2.45. The molecule has 0 aliphatic heterocycles. The Kier molecular flexibility index (Phi) is 6.98. The van der Waals surface area contributed by atoms with Gasteiger partial charge in [-0.2, -0.15) is 4.31 Å². The number of hydrogen-bond acceptors (Lipinski definition) is 4. The molecule has 2 rings (SSSR count). The number of sulfonamides is 1. The zero-order valence-corrected chi connectivity index (χ0v) is 16.6. The van der Waals surface area contributed by atoms with Gasteiger partial charge in [-0.05, 0) is 49.6 Å². The topological polar surface area (TPSA) is 83.9 Å². The average Bonchev–Trinajstić information content (AvgIpc) is 2.65. The molecule has 0 saturated carbocycles. The number of aliphatic carboxylic acids is 1. The van der Waals surface area contributed by atoms with Crippen molar-refractivity contribution in [3.63, 3.8) is 0 Å². The first-order valence-electron chi connectivity index (χ1n) is 8.73. The van der Waals surface area contributed by atoms with Crippen LogP contribution in [0.4, 0.5) is 0 Å². The molecule has 146 valence electrons. The number of benzene rings is 2. The summed E-state index contributed by atoms with van der Waals surface area (Å²) in [5, 5.41) is 9.55. The van der Waals surface area contributed by atoms with Gasteiger partial charge in [0.1, 0.15) is 11.8 Å². The third kappa shape index (κ3) is 5.08. The molecule has 0 amide bonds. The van der Waals surface area contributed by atoms with Gasteiger partial charge < -0.3 is 9.84 Å². The summed E-state index contributed by atoms with van der Waals surface area (Å²) >= 11 is 0. The van der Waals surface area contributed by atoms with Crippen molar-refractivity contribution in [2.75, 3.05) is 13.7 Å². The first-order chi connectivity index (χ1) is 12.8. The van der Waals surface area contributed by atoms with Crippen molar-refractivity contribution < 1.29 is 23.1 Å². The van der Waals surface area contributed by atoms with E-state index in [1.165, 1.54) is 12.1 Å². The predicted octanol–water partition coefficient (Wildman–Crippen LogP) is 3.10. The first kappa shape index (κ1) is 20.9. The van der Waals surface area contributed by atoms with Crippen LogP contribution in [0.3, 0.4) is 0 Å². The maximum atomic E-state index is 13.1. The number of hydrogen-bond donors (Lipinski definition) is 1. The number of aryl methyl sites for hydroxylation is 1. The third-order valence-electron chi connectivity index (χ3n) is 4.40. The van der Waals surface area contributed by atoms with Crippen LogP contribution in [0.1, 0.15) is 24.5 Å². The molecule has 0 radical (unpaired) electrons. The first-order valence-corrected chi connectivity index (χ1v) is 10.2. The molecule has 27 heavy (non-hydrogen) atoms. The van der Waals surface area contributed by atoms with Crippen molar-refractivity contribution >= 4 is 16.0 Å². The van der Waals surface area contributed by atoms with E-state index in [0.717, 1.165) is 15.4 Å². The highest BCUT2D eigenvalue weighted by Gasteiger charge is 2.34. The Balaban J connectivity index is 2.35. The molecule has 0 aromatic heterocycles. The lowest BCUT2D eigenvalue weighted by atomic mass is 10.1. The van der Waals surface area contributed by atoms with Crippen LogP contribution in [0.15, 0.2) is 53.4 Å². The highest BCUT2D eigenvalue weighted by molar-refractivity contribution is 7.89. The second-order valence-electron chi connectivity index (χ2n) is 6.29. The Hall–Kier alpha value is -2.38. The molecule has 0 fully saturated rings. The van der Waals surface area contributed by atoms with Crippen molar-refractivity contribution in [1.82, 2.24) is 4.31 Å². The van der Waals surface area contributed by atoms with Crippen LogP contribution in [0.25, 0.3) is 0 Å². The number of carboxylic acid groups (broad SMARTS) is 1. The Morgan fingerprint density at radius 1 is 1.19 bits per heavy atom. The van der Waals surface area contributed by atoms with Crippen molar-refractivity contribution in [3.8, 4) is 5.75 Å². The SMILES string of the molecule is CCC(C(=O)O)N(CCc1cccc(OC)c1)S(=O)(=O)c1ccc(C)cc1. The molecule has 2 aromatic carbocycles. The summed E-state index contributed by atoms with van der Waals surface area (Å²) in [5.41, 5.74) is 1.81. The van der Waals surface area contributed by atoms with Gasteiger partial charge in [0.25, 0.3) is 0 Å². The fourth-order valence-electron chi connectivity index (χ4n) is 2.86. The predicted molar refractivity (Wildman–Crippen MR) is 103 cm³/mol. The summed E-state index contributed by atoms with van der Waals surface area (Å²) < 4.78 is 32.5. The molecule has 0 aliphatic carbocycles. The van der Waals surface area contributed by atoms with Gasteiger partial charge in [-0.25, -0.2) is 8.42 Å². The lowest BCUT2D eigenvalue weighted by Gasteiger charge is -2.27. The number of rotatable bonds is 9. The second kappa shape index (κ2) is 9.01. The number of carboxylic acids is 1. The van der Waals surface area contributed by atoms with Crippen molar-refractivity contribution in [2.45, 2.75) is 37.6 Å². The molecule has 7 heteroatoms. The maximum Gasteiger partial charge on any atom is 0.322 e. The monoisotopic (exact) mass is 391 g/mol. The van der Waals surface area contributed by atoms with Crippen LogP contribution >= 0.6 is 0 Å². The fraction of sp³-hybridized carbons (Fsp3) is 0.350. The van der Waals surface area contributed by atoms with Gasteiger partial charge in [-0.15, -0.1) is 0 Å². The van der Waals surface area contributed by atoms with Crippen LogP contribution in [0.5, 0.6) is 5.75 Å². The van der Waals surface area contributed by atoms with Gasteiger partial charge in [0.05, 0.1) is 12.0 Å². The van der Waals surface area contributed by atoms with Gasteiger partial charge in [-0.3, -0.25) is 4.79 Å². The van der Waals surface area contributed by atoms with Crippen molar-refractivity contribution in [3.05, 3.63) is 59.7 Å². The van der Waals surface area contributed by atoms with E-state index < -0.39 is 22.0 Å². The van der Waals surface area contributed by atoms with Gasteiger partial charge in [0.2, 0.25) is 10.0 Å². The Morgan fingerprint density at radius 3 is 2.41 bits per heavy atom. The summed E-state index contributed by atoms with van der Waals surface area (Å²) in [7, 11) is -2.38. The van der Waals surface area contributed by atoms with E-state index >= 15 is 0 Å². The number of nitrogens with zero attached hydrogens (tertiary/aromatic N) is 1. The Labute approximate surface area is 160 Å². The van der Waals surface area contributed by atoms with Crippen LogP contribution in [-0.4, -0.2) is 43.5 Å². The van der Waals surface area contributed by atoms with Crippen LogP contribution < -0.4 is 4.74 Å². The van der Waals surface area contributed by atoms with Gasteiger partial charge in [-0.1, -0.05) is 36.8 Å². The molecule has 0 aliphatic rings. The highest BCUT2D eigenvalue weighted by Crippen LogP contribution is 2.22. The minimum atomic E-state index is -3.94. The minimum Gasteiger partial charge on any atom is -0.497 e. The molecule has 1 unspecified atom stereocenters. The third-order valence-corrected chi connectivity index (χ3v) is 6.32. The van der Waals surface area contributed by atoms with Gasteiger partial charge >= 0.3 is 5.97 Å². The largest absolute Gasteiger partial charge is 0.497 e. The fourth-order valence-corrected chi connectivity index (χ4v) is 4.51. The highest BCUT2D eigenvalue weighted by atomic mass is 32.2. The van der Waals surface area contributed by atoms with Crippen LogP contribution in [0.2, 0.25) is 0 Å². The summed E-state index contributed by atoms with van der Waals surface area (Å²) in [6.45, 7) is 3.60. The maximum absolute atomic E-state index is 13.1. The molecule has 1 N–H and O–H groups in total. The molecule has 0 saturated heterocycles. The Morgan fingerprint density at radius 2 is 1.85 bits per heavy atom. The van der Waals surface area contributed by atoms with Crippen LogP contribution in [0, 0.1) is 6.92 Å². The quantitative estimate of drug-likeness (QED) is 0.710. The van der Waals surface area contributed by atoms with E-state index in [0.29, 0.717) is 12.2 Å². The molecule has 0 spiro atoms. The summed E-state index contributed by atoms with van der Waals surface area (Å²) in [4.78, 5) is 11.8. The van der Waals surface area contributed by atoms with E-state index in [9.17, 15) is 18.3 Å². The van der Waals surface area contributed by atoms with Crippen molar-refractivity contribution in [1.29, 1.82) is 0 Å². The Bertz CT molecular complexity index is 878. The summed E-state index contributed by atoms with van der Waals surface area (Å²) in [5.74, 6) is -0.482. The van der Waals surface area contributed by atoms with Gasteiger partial charge in [0.15, 0.2) is 0 Å². The molecule has 6 nitrogen and oxygen atoms in total. The summed E-state index contributed by atoms with van der Waals surface area (Å²) in [6.07, 6.45) is 0.560. The molecule has 1 atom stereocenters. The summed E-state index contributed by atoms with van der Waals surface area (Å²) in [6, 6.07) is 12.6. The smallest absolute Gasteiger partial charge is 0.322 e. The van der Waals surface area contributed by atoms with E-state index in [4.69, 9.17) is 4.74 Å². The van der Waals surface area contributed by atoms with E-state index in [-0.39, 0.29) is 17.9 Å². The standard InChI is InChI=1S/C20H25NO5S/c1-4-19(20(22)23)21(13-12-16-6-5-7-17(14-16)26-3)27(24,25)18-10-8-15(2)9-11-18/h5-11,14,19H,4,12-13H2,1-3H3,(H,22,23). The van der Waals surface area contributed by atoms with Crippen LogP contribution in [-0.2, 0) is 21.2 Å². The number of methoxy groups -OCH3 is 1. The lowest BCUT2D eigenvalue weighted by molar-refractivity contribution is -0.141. The van der Waals surface area contributed by atoms with Gasteiger partial charge in [0, 0.05) is 6.54 Å². The molecular formula is C20H25NO5S.